The molecule has 1 atom stereocenters. The van der Waals surface area contributed by atoms with E-state index in [1.54, 1.807) is 12.3 Å². The lowest BCUT2D eigenvalue weighted by molar-refractivity contribution is 0.274. The maximum atomic E-state index is 8.64. The largest absolute Gasteiger partial charge is 0.370 e. The lowest BCUT2D eigenvalue weighted by Crippen LogP contribution is -2.25. The van der Waals surface area contributed by atoms with E-state index in [0.29, 0.717) is 16.9 Å². The van der Waals surface area contributed by atoms with Gasteiger partial charge in [-0.15, -0.1) is 0 Å². The van der Waals surface area contributed by atoms with Crippen molar-refractivity contribution in [3.05, 3.63) is 23.9 Å². The SMILES string of the molecule is CC(CNc1ccc(C#N)cn1)C(C)(C)C. The van der Waals surface area contributed by atoms with Crippen LogP contribution in [0, 0.1) is 22.7 Å². The van der Waals surface area contributed by atoms with Crippen LogP contribution in [-0.2, 0) is 0 Å². The van der Waals surface area contributed by atoms with Crippen LogP contribution < -0.4 is 5.32 Å². The monoisotopic (exact) mass is 217 g/mol. The summed E-state index contributed by atoms with van der Waals surface area (Å²) >= 11 is 0. The van der Waals surface area contributed by atoms with Crippen molar-refractivity contribution < 1.29 is 0 Å². The van der Waals surface area contributed by atoms with E-state index in [0.717, 1.165) is 12.4 Å². The molecule has 1 rings (SSSR count). The molecule has 3 nitrogen and oxygen atoms in total. The van der Waals surface area contributed by atoms with Gasteiger partial charge in [0.05, 0.1) is 5.56 Å². The summed E-state index contributed by atoms with van der Waals surface area (Å²) in [5.74, 6) is 1.39. The van der Waals surface area contributed by atoms with Gasteiger partial charge >= 0.3 is 0 Å². The number of nitrogens with one attached hydrogen (secondary N) is 1. The van der Waals surface area contributed by atoms with Crippen LogP contribution in [0.2, 0.25) is 0 Å². The van der Waals surface area contributed by atoms with Crippen molar-refractivity contribution in [1.29, 1.82) is 5.26 Å². The quantitative estimate of drug-likeness (QED) is 0.846. The van der Waals surface area contributed by atoms with Crippen molar-refractivity contribution in [1.82, 2.24) is 4.98 Å². The van der Waals surface area contributed by atoms with E-state index in [2.05, 4.69) is 44.1 Å². The average molecular weight is 217 g/mol. The zero-order valence-electron chi connectivity index (χ0n) is 10.4. The summed E-state index contributed by atoms with van der Waals surface area (Å²) in [6.45, 7) is 9.79. The number of hydrogen-bond donors (Lipinski definition) is 1. The van der Waals surface area contributed by atoms with Gasteiger partial charge in [-0.3, -0.25) is 0 Å². The molecule has 1 N–H and O–H groups in total. The second-order valence-electron chi connectivity index (χ2n) is 5.19. The second kappa shape index (κ2) is 4.98. The number of pyridine rings is 1. The molecule has 1 unspecified atom stereocenters. The number of aromatic nitrogens is 1. The van der Waals surface area contributed by atoms with Gasteiger partial charge in [0.25, 0.3) is 0 Å². The predicted octanol–water partition coefficient (Wildman–Crippen LogP) is 3.05. The molecule has 0 aliphatic heterocycles. The zero-order chi connectivity index (χ0) is 12.2. The van der Waals surface area contributed by atoms with E-state index in [4.69, 9.17) is 5.26 Å². The summed E-state index contributed by atoms with van der Waals surface area (Å²) in [7, 11) is 0. The lowest BCUT2D eigenvalue weighted by Gasteiger charge is -2.27. The third-order valence-electron chi connectivity index (χ3n) is 2.96. The highest BCUT2D eigenvalue weighted by Crippen LogP contribution is 2.25. The molecule has 1 heterocycles. The fourth-order valence-corrected chi connectivity index (χ4v) is 1.13. The molecular formula is C13H19N3. The van der Waals surface area contributed by atoms with E-state index >= 15 is 0 Å². The Labute approximate surface area is 97.5 Å². The number of rotatable bonds is 3. The van der Waals surface area contributed by atoms with Crippen LogP contribution in [0.5, 0.6) is 0 Å². The van der Waals surface area contributed by atoms with Crippen molar-refractivity contribution in [3.63, 3.8) is 0 Å². The molecular weight excluding hydrogens is 198 g/mol. The van der Waals surface area contributed by atoms with Crippen LogP contribution in [0.1, 0.15) is 33.3 Å². The van der Waals surface area contributed by atoms with Crippen molar-refractivity contribution in [3.8, 4) is 6.07 Å². The van der Waals surface area contributed by atoms with Gasteiger partial charge in [-0.2, -0.15) is 5.26 Å². The Balaban J connectivity index is 2.53. The smallest absolute Gasteiger partial charge is 0.125 e. The van der Waals surface area contributed by atoms with Gasteiger partial charge in [0.2, 0.25) is 0 Å². The highest BCUT2D eigenvalue weighted by molar-refractivity contribution is 5.38. The summed E-state index contributed by atoms with van der Waals surface area (Å²) in [6, 6.07) is 5.67. The second-order valence-corrected chi connectivity index (χ2v) is 5.19. The Morgan fingerprint density at radius 1 is 1.44 bits per heavy atom. The van der Waals surface area contributed by atoms with E-state index in [1.807, 2.05) is 6.07 Å². The molecule has 0 saturated heterocycles. The molecule has 0 spiro atoms. The molecule has 0 saturated carbocycles. The van der Waals surface area contributed by atoms with E-state index in [-0.39, 0.29) is 0 Å². The third kappa shape index (κ3) is 3.54. The molecule has 0 bridgehead atoms. The molecule has 0 aromatic carbocycles. The molecule has 0 amide bonds. The third-order valence-corrected chi connectivity index (χ3v) is 2.96. The Kier molecular flexibility index (Phi) is 3.89. The van der Waals surface area contributed by atoms with Crippen LogP contribution in [-0.4, -0.2) is 11.5 Å². The van der Waals surface area contributed by atoms with Crippen LogP contribution in [0.4, 0.5) is 5.82 Å². The Morgan fingerprint density at radius 3 is 2.56 bits per heavy atom. The van der Waals surface area contributed by atoms with Gasteiger partial charge < -0.3 is 5.32 Å². The molecule has 0 aliphatic rings. The summed E-state index contributed by atoms with van der Waals surface area (Å²) < 4.78 is 0. The lowest BCUT2D eigenvalue weighted by atomic mass is 9.82. The molecule has 1 aromatic rings. The highest BCUT2D eigenvalue weighted by Gasteiger charge is 2.19. The summed E-state index contributed by atoms with van der Waals surface area (Å²) in [6.07, 6.45) is 1.59. The number of hydrogen-bond acceptors (Lipinski definition) is 3. The first-order chi connectivity index (χ1) is 7.43. The van der Waals surface area contributed by atoms with Crippen molar-refractivity contribution >= 4 is 5.82 Å². The summed E-state index contributed by atoms with van der Waals surface area (Å²) in [5.41, 5.74) is 0.883. The number of nitriles is 1. The maximum Gasteiger partial charge on any atom is 0.125 e. The molecule has 0 aliphatic carbocycles. The van der Waals surface area contributed by atoms with Crippen LogP contribution in [0.25, 0.3) is 0 Å². The Bertz CT molecular complexity index is 368. The van der Waals surface area contributed by atoms with Gasteiger partial charge in [0.1, 0.15) is 11.9 Å². The summed E-state index contributed by atoms with van der Waals surface area (Å²) in [5, 5.41) is 11.9. The minimum absolute atomic E-state index is 0.291. The normalized spacial score (nSPS) is 12.9. The van der Waals surface area contributed by atoms with E-state index in [1.165, 1.54) is 0 Å². The van der Waals surface area contributed by atoms with Gasteiger partial charge in [-0.05, 0) is 23.5 Å². The molecule has 0 radical (unpaired) electrons. The fourth-order valence-electron chi connectivity index (χ4n) is 1.13. The first-order valence-corrected chi connectivity index (χ1v) is 5.53. The van der Waals surface area contributed by atoms with E-state index in [9.17, 15) is 0 Å². The van der Waals surface area contributed by atoms with Crippen molar-refractivity contribution in [2.24, 2.45) is 11.3 Å². The molecule has 1 aromatic heterocycles. The van der Waals surface area contributed by atoms with Crippen molar-refractivity contribution in [2.75, 3.05) is 11.9 Å². The minimum atomic E-state index is 0.291. The fraction of sp³-hybridized carbons (Fsp3) is 0.538. The maximum absolute atomic E-state index is 8.64. The number of anilines is 1. The standard InChI is InChI=1S/C13H19N3/c1-10(13(2,3)4)8-15-12-6-5-11(7-14)9-16-12/h5-6,9-10H,8H2,1-4H3,(H,15,16). The minimum Gasteiger partial charge on any atom is -0.370 e. The zero-order valence-corrected chi connectivity index (χ0v) is 10.4. The van der Waals surface area contributed by atoms with Gasteiger partial charge in [-0.25, -0.2) is 4.98 Å². The predicted molar refractivity (Wildman–Crippen MR) is 66.1 cm³/mol. The van der Waals surface area contributed by atoms with Gasteiger partial charge in [0.15, 0.2) is 0 Å². The molecule has 3 heteroatoms. The van der Waals surface area contributed by atoms with Crippen LogP contribution >= 0.6 is 0 Å². The number of nitrogens with zero attached hydrogens (tertiary/aromatic N) is 2. The van der Waals surface area contributed by atoms with Crippen LogP contribution in [0.15, 0.2) is 18.3 Å². The highest BCUT2D eigenvalue weighted by atomic mass is 15.0. The Morgan fingerprint density at radius 2 is 2.12 bits per heavy atom. The molecule has 16 heavy (non-hydrogen) atoms. The van der Waals surface area contributed by atoms with Crippen molar-refractivity contribution in [2.45, 2.75) is 27.7 Å². The first-order valence-electron chi connectivity index (χ1n) is 5.53. The molecule has 0 fully saturated rings. The Hall–Kier alpha value is -1.56. The molecule has 86 valence electrons. The first kappa shape index (κ1) is 12.5. The van der Waals surface area contributed by atoms with Crippen LogP contribution in [0.3, 0.4) is 0 Å². The van der Waals surface area contributed by atoms with E-state index < -0.39 is 0 Å². The van der Waals surface area contributed by atoms with Gasteiger partial charge in [-0.1, -0.05) is 27.7 Å². The average Bonchev–Trinajstić information content (AvgIpc) is 2.25. The van der Waals surface area contributed by atoms with Gasteiger partial charge in [0, 0.05) is 12.7 Å². The topological polar surface area (TPSA) is 48.7 Å². The summed E-state index contributed by atoms with van der Waals surface area (Å²) in [4.78, 5) is 4.17.